The van der Waals surface area contributed by atoms with Gasteiger partial charge < -0.3 is 5.73 Å². The summed E-state index contributed by atoms with van der Waals surface area (Å²) in [5.74, 6) is 0. The van der Waals surface area contributed by atoms with Gasteiger partial charge in [-0.05, 0) is 12.8 Å². The van der Waals surface area contributed by atoms with Crippen LogP contribution in [0.25, 0.3) is 0 Å². The van der Waals surface area contributed by atoms with E-state index in [2.05, 4.69) is 4.98 Å². The van der Waals surface area contributed by atoms with Gasteiger partial charge in [-0.2, -0.15) is 0 Å². The van der Waals surface area contributed by atoms with Gasteiger partial charge in [-0.3, -0.25) is 4.98 Å². The second-order valence-corrected chi connectivity index (χ2v) is 5.04. The Labute approximate surface area is 83.2 Å². The molecule has 72 valence electrons. The molecule has 0 bridgehead atoms. The van der Waals surface area contributed by atoms with E-state index >= 15 is 0 Å². The molecule has 0 amide bonds. The minimum atomic E-state index is 0.0742. The van der Waals surface area contributed by atoms with Crippen LogP contribution in [0.5, 0.6) is 0 Å². The molecule has 0 aromatic carbocycles. The van der Waals surface area contributed by atoms with Gasteiger partial charge in [-0.15, -0.1) is 11.3 Å². The van der Waals surface area contributed by atoms with Crippen molar-refractivity contribution in [3.8, 4) is 0 Å². The molecule has 13 heavy (non-hydrogen) atoms. The molecule has 1 aromatic heterocycles. The Hall–Kier alpha value is -0.410. The first-order valence-electron chi connectivity index (χ1n) is 4.95. The zero-order chi connectivity index (χ0) is 9.15. The maximum absolute atomic E-state index is 6.33. The number of nitrogens with zero attached hydrogens (tertiary/aromatic N) is 1. The summed E-state index contributed by atoms with van der Waals surface area (Å²) >= 11 is 1.72. The molecule has 2 N–H and O–H groups in total. The van der Waals surface area contributed by atoms with Crippen molar-refractivity contribution in [3.63, 3.8) is 0 Å². The Morgan fingerprint density at radius 2 is 2.15 bits per heavy atom. The van der Waals surface area contributed by atoms with Crippen LogP contribution in [0.4, 0.5) is 0 Å². The van der Waals surface area contributed by atoms with Crippen molar-refractivity contribution in [2.24, 2.45) is 5.73 Å². The number of rotatable bonds is 2. The zero-order valence-electron chi connectivity index (χ0n) is 7.83. The Morgan fingerprint density at radius 3 is 2.77 bits per heavy atom. The third-order valence-corrected chi connectivity index (χ3v) is 3.64. The summed E-state index contributed by atoms with van der Waals surface area (Å²) in [6, 6.07) is 0. The average Bonchev–Trinajstić information content (AvgIpc) is 2.57. The topological polar surface area (TPSA) is 38.9 Å². The number of aromatic nitrogens is 1. The first-order chi connectivity index (χ1) is 6.29. The van der Waals surface area contributed by atoms with Gasteiger partial charge in [-0.25, -0.2) is 0 Å². The van der Waals surface area contributed by atoms with Crippen LogP contribution in [0, 0.1) is 0 Å². The van der Waals surface area contributed by atoms with Gasteiger partial charge in [0, 0.05) is 23.0 Å². The Balaban J connectivity index is 1.99. The van der Waals surface area contributed by atoms with Crippen LogP contribution >= 0.6 is 11.3 Å². The highest BCUT2D eigenvalue weighted by Gasteiger charge is 2.27. The van der Waals surface area contributed by atoms with Crippen molar-refractivity contribution in [3.05, 3.63) is 16.6 Å². The normalized spacial score (nSPS) is 21.6. The molecule has 1 fully saturated rings. The molecule has 0 saturated heterocycles. The third kappa shape index (κ3) is 2.29. The monoisotopic (exact) mass is 196 g/mol. The Morgan fingerprint density at radius 1 is 1.38 bits per heavy atom. The zero-order valence-corrected chi connectivity index (χ0v) is 8.65. The lowest BCUT2D eigenvalue weighted by Gasteiger charge is -2.32. The van der Waals surface area contributed by atoms with Crippen LogP contribution in [0.2, 0.25) is 0 Å². The van der Waals surface area contributed by atoms with Crippen molar-refractivity contribution < 1.29 is 0 Å². The molecule has 1 saturated carbocycles. The summed E-state index contributed by atoms with van der Waals surface area (Å²) in [6.07, 6.45) is 9.31. The van der Waals surface area contributed by atoms with E-state index in [4.69, 9.17) is 5.73 Å². The standard InChI is InChI=1S/C10H16N2S/c11-10(4-2-1-3-5-10)6-9-7-12-8-13-9/h7-8H,1-6,11H2. The molecule has 0 spiro atoms. The van der Waals surface area contributed by atoms with Gasteiger partial charge >= 0.3 is 0 Å². The molecule has 0 aliphatic heterocycles. The molecule has 2 nitrogen and oxygen atoms in total. The van der Waals surface area contributed by atoms with Crippen molar-refractivity contribution in [2.45, 2.75) is 44.1 Å². The van der Waals surface area contributed by atoms with Crippen molar-refractivity contribution in [2.75, 3.05) is 0 Å². The molecular formula is C10H16N2S. The lowest BCUT2D eigenvalue weighted by Crippen LogP contribution is -2.43. The fraction of sp³-hybridized carbons (Fsp3) is 0.700. The summed E-state index contributed by atoms with van der Waals surface area (Å²) < 4.78 is 0. The van der Waals surface area contributed by atoms with E-state index in [1.165, 1.54) is 37.0 Å². The summed E-state index contributed by atoms with van der Waals surface area (Å²) in [5.41, 5.74) is 8.29. The lowest BCUT2D eigenvalue weighted by atomic mass is 9.80. The fourth-order valence-corrected chi connectivity index (χ4v) is 2.86. The number of hydrogen-bond donors (Lipinski definition) is 1. The van der Waals surface area contributed by atoms with Gasteiger partial charge in [0.15, 0.2) is 0 Å². The maximum atomic E-state index is 6.33. The predicted octanol–water partition coefficient (Wildman–Crippen LogP) is 2.35. The van der Waals surface area contributed by atoms with E-state index in [-0.39, 0.29) is 5.54 Å². The Bertz CT molecular complexity index is 250. The van der Waals surface area contributed by atoms with Crippen molar-refractivity contribution >= 4 is 11.3 Å². The highest BCUT2D eigenvalue weighted by atomic mass is 32.1. The molecule has 3 heteroatoms. The van der Waals surface area contributed by atoms with Gasteiger partial charge in [-0.1, -0.05) is 19.3 Å². The van der Waals surface area contributed by atoms with Crippen LogP contribution in [0.15, 0.2) is 11.7 Å². The van der Waals surface area contributed by atoms with E-state index in [0.29, 0.717) is 0 Å². The van der Waals surface area contributed by atoms with E-state index < -0.39 is 0 Å². The van der Waals surface area contributed by atoms with Crippen molar-refractivity contribution in [1.29, 1.82) is 0 Å². The van der Waals surface area contributed by atoms with E-state index in [1.807, 2.05) is 11.7 Å². The fourth-order valence-electron chi connectivity index (χ4n) is 2.11. The quantitative estimate of drug-likeness (QED) is 0.788. The molecule has 2 rings (SSSR count). The first kappa shape index (κ1) is 9.16. The Kier molecular flexibility index (Phi) is 2.65. The first-order valence-corrected chi connectivity index (χ1v) is 5.83. The minimum Gasteiger partial charge on any atom is -0.325 e. The van der Waals surface area contributed by atoms with Crippen LogP contribution < -0.4 is 5.73 Å². The van der Waals surface area contributed by atoms with Gasteiger partial charge in [0.25, 0.3) is 0 Å². The molecule has 1 aliphatic rings. The molecule has 1 aliphatic carbocycles. The van der Waals surface area contributed by atoms with Gasteiger partial charge in [0.2, 0.25) is 0 Å². The molecular weight excluding hydrogens is 180 g/mol. The summed E-state index contributed by atoms with van der Waals surface area (Å²) in [5, 5.41) is 0. The maximum Gasteiger partial charge on any atom is 0.0794 e. The van der Waals surface area contributed by atoms with Crippen LogP contribution in [0.3, 0.4) is 0 Å². The SMILES string of the molecule is NC1(Cc2cncs2)CCCCC1. The van der Waals surface area contributed by atoms with Crippen LogP contribution in [0.1, 0.15) is 37.0 Å². The highest BCUT2D eigenvalue weighted by Crippen LogP contribution is 2.29. The van der Waals surface area contributed by atoms with Gasteiger partial charge in [0.1, 0.15) is 0 Å². The van der Waals surface area contributed by atoms with E-state index in [9.17, 15) is 0 Å². The largest absolute Gasteiger partial charge is 0.325 e. The summed E-state index contributed by atoms with van der Waals surface area (Å²) in [6.45, 7) is 0. The van der Waals surface area contributed by atoms with Gasteiger partial charge in [0.05, 0.1) is 5.51 Å². The molecule has 1 heterocycles. The number of hydrogen-bond acceptors (Lipinski definition) is 3. The van der Waals surface area contributed by atoms with E-state index in [0.717, 1.165) is 6.42 Å². The molecule has 0 atom stereocenters. The predicted molar refractivity (Wildman–Crippen MR) is 55.8 cm³/mol. The average molecular weight is 196 g/mol. The van der Waals surface area contributed by atoms with E-state index in [1.54, 1.807) is 11.3 Å². The number of nitrogens with two attached hydrogens (primary N) is 1. The van der Waals surface area contributed by atoms with Crippen LogP contribution in [-0.2, 0) is 6.42 Å². The molecule has 1 aromatic rings. The minimum absolute atomic E-state index is 0.0742. The second kappa shape index (κ2) is 3.76. The highest BCUT2D eigenvalue weighted by molar-refractivity contribution is 7.09. The summed E-state index contributed by atoms with van der Waals surface area (Å²) in [4.78, 5) is 5.42. The molecule has 0 unspecified atom stereocenters. The number of thiazole rings is 1. The molecule has 0 radical (unpaired) electrons. The van der Waals surface area contributed by atoms with Crippen LogP contribution in [-0.4, -0.2) is 10.5 Å². The second-order valence-electron chi connectivity index (χ2n) is 4.07. The lowest BCUT2D eigenvalue weighted by molar-refractivity contribution is 0.295. The van der Waals surface area contributed by atoms with Crippen molar-refractivity contribution in [1.82, 2.24) is 4.98 Å². The third-order valence-electron chi connectivity index (χ3n) is 2.86. The smallest absolute Gasteiger partial charge is 0.0794 e. The summed E-state index contributed by atoms with van der Waals surface area (Å²) in [7, 11) is 0.